The number of aryl methyl sites for hydroxylation is 2. The highest BCUT2D eigenvalue weighted by Crippen LogP contribution is 2.22. The van der Waals surface area contributed by atoms with Crippen LogP contribution < -0.4 is 0 Å². The molecule has 0 fully saturated rings. The second-order valence-electron chi connectivity index (χ2n) is 4.93. The van der Waals surface area contributed by atoms with E-state index in [4.69, 9.17) is 0 Å². The van der Waals surface area contributed by atoms with E-state index in [0.29, 0.717) is 5.56 Å². The zero-order valence-electron chi connectivity index (χ0n) is 11.7. The zero-order chi connectivity index (χ0) is 15.6. The van der Waals surface area contributed by atoms with Crippen molar-refractivity contribution in [2.45, 2.75) is 29.4 Å². The molecular weight excluding hydrogens is 308 g/mol. The minimum Gasteiger partial charge on any atom is -0.302 e. The lowest BCUT2D eigenvalue weighted by Crippen LogP contribution is -2.08. The van der Waals surface area contributed by atoms with E-state index in [1.165, 1.54) is 6.07 Å². The molecular formula is C15H16O4S2. The van der Waals surface area contributed by atoms with Crippen molar-refractivity contribution in [1.82, 2.24) is 0 Å². The van der Waals surface area contributed by atoms with Gasteiger partial charge in [-0.1, -0.05) is 35.4 Å². The molecule has 2 aromatic rings. The molecule has 0 aliphatic rings. The average Bonchev–Trinajstić information content (AvgIpc) is 2.38. The fourth-order valence-corrected chi connectivity index (χ4v) is 4.02. The van der Waals surface area contributed by atoms with Crippen LogP contribution in [0.15, 0.2) is 52.3 Å². The maximum Gasteiger partial charge on any atom is 0.186 e. The molecule has 2 rings (SSSR count). The zero-order valence-corrected chi connectivity index (χ0v) is 13.4. The smallest absolute Gasteiger partial charge is 0.186 e. The van der Waals surface area contributed by atoms with Crippen LogP contribution in [-0.4, -0.2) is 17.2 Å². The Balaban J connectivity index is 2.43. The van der Waals surface area contributed by atoms with E-state index in [-0.39, 0.29) is 15.5 Å². The van der Waals surface area contributed by atoms with Crippen molar-refractivity contribution < 1.29 is 17.2 Å². The number of benzene rings is 2. The molecule has 0 amide bonds. The second-order valence-corrected chi connectivity index (χ2v) is 7.86. The predicted octanol–water partition coefficient (Wildman–Crippen LogP) is 2.86. The fraction of sp³-hybridized carbons (Fsp3) is 0.200. The summed E-state index contributed by atoms with van der Waals surface area (Å²) in [6.07, 6.45) is 0. The van der Waals surface area contributed by atoms with Gasteiger partial charge in [0.05, 0.1) is 15.5 Å². The molecule has 1 atom stereocenters. The predicted molar refractivity (Wildman–Crippen MR) is 82.3 cm³/mol. The Morgan fingerprint density at radius 1 is 1.00 bits per heavy atom. The maximum absolute atomic E-state index is 12.4. The number of rotatable bonds is 4. The van der Waals surface area contributed by atoms with Crippen LogP contribution in [0.5, 0.6) is 0 Å². The van der Waals surface area contributed by atoms with Crippen LogP contribution in [0, 0.1) is 13.8 Å². The summed E-state index contributed by atoms with van der Waals surface area (Å²) in [5.41, 5.74) is 2.18. The molecule has 0 bridgehead atoms. The summed E-state index contributed by atoms with van der Waals surface area (Å²) in [4.78, 5) is 0.348. The molecule has 0 radical (unpaired) electrons. The number of hydrogen-bond acceptors (Lipinski definition) is 3. The molecule has 4 nitrogen and oxygen atoms in total. The highest BCUT2D eigenvalue weighted by molar-refractivity contribution is 7.90. The summed E-state index contributed by atoms with van der Waals surface area (Å²) >= 11 is -2.21. The highest BCUT2D eigenvalue weighted by Gasteiger charge is 2.19. The SMILES string of the molecule is Cc1ccc(S(=O)(=O)Cc2cc(C)ccc2S(=O)O)cc1. The molecule has 0 spiro atoms. The van der Waals surface area contributed by atoms with Crippen molar-refractivity contribution in [2.75, 3.05) is 0 Å². The molecule has 1 unspecified atom stereocenters. The van der Waals surface area contributed by atoms with Gasteiger partial charge in [0.2, 0.25) is 0 Å². The van der Waals surface area contributed by atoms with Crippen molar-refractivity contribution in [3.05, 3.63) is 59.2 Å². The highest BCUT2D eigenvalue weighted by atomic mass is 32.2. The van der Waals surface area contributed by atoms with Gasteiger partial charge in [0.15, 0.2) is 20.9 Å². The van der Waals surface area contributed by atoms with Crippen molar-refractivity contribution in [1.29, 1.82) is 0 Å². The largest absolute Gasteiger partial charge is 0.302 e. The molecule has 0 aliphatic heterocycles. The van der Waals surface area contributed by atoms with E-state index in [2.05, 4.69) is 0 Å². The van der Waals surface area contributed by atoms with Gasteiger partial charge in [-0.25, -0.2) is 12.6 Å². The van der Waals surface area contributed by atoms with Crippen LogP contribution in [0.25, 0.3) is 0 Å². The molecule has 0 aliphatic carbocycles. The topological polar surface area (TPSA) is 71.4 Å². The summed E-state index contributed by atoms with van der Waals surface area (Å²) < 4.78 is 45.4. The third-order valence-electron chi connectivity index (χ3n) is 3.13. The lowest BCUT2D eigenvalue weighted by atomic mass is 10.2. The van der Waals surface area contributed by atoms with Crippen LogP contribution in [0.4, 0.5) is 0 Å². The van der Waals surface area contributed by atoms with Gasteiger partial charge < -0.3 is 4.55 Å². The molecule has 0 aromatic heterocycles. The molecule has 0 saturated carbocycles. The Kier molecular flexibility index (Phi) is 4.61. The van der Waals surface area contributed by atoms with Crippen molar-refractivity contribution >= 4 is 20.9 Å². The summed E-state index contributed by atoms with van der Waals surface area (Å²) in [7, 11) is -3.55. The van der Waals surface area contributed by atoms with E-state index >= 15 is 0 Å². The maximum atomic E-state index is 12.4. The Morgan fingerprint density at radius 3 is 2.14 bits per heavy atom. The number of sulfone groups is 1. The van der Waals surface area contributed by atoms with Crippen LogP contribution in [0.2, 0.25) is 0 Å². The van der Waals surface area contributed by atoms with Crippen LogP contribution in [0.1, 0.15) is 16.7 Å². The molecule has 6 heteroatoms. The van der Waals surface area contributed by atoms with Crippen LogP contribution in [0.3, 0.4) is 0 Å². The molecule has 21 heavy (non-hydrogen) atoms. The Morgan fingerprint density at radius 2 is 1.57 bits per heavy atom. The Labute approximate surface area is 127 Å². The third-order valence-corrected chi connectivity index (χ3v) is 5.59. The molecule has 0 saturated heterocycles. The third kappa shape index (κ3) is 3.78. The minimum absolute atomic E-state index is 0.135. The monoisotopic (exact) mass is 324 g/mol. The average molecular weight is 324 g/mol. The van der Waals surface area contributed by atoms with Crippen molar-refractivity contribution in [3.63, 3.8) is 0 Å². The van der Waals surface area contributed by atoms with Gasteiger partial charge in [-0.05, 0) is 37.6 Å². The summed E-state index contributed by atoms with van der Waals surface area (Å²) in [6.45, 7) is 3.69. The second kappa shape index (κ2) is 6.09. The van der Waals surface area contributed by atoms with Crippen LogP contribution >= 0.6 is 0 Å². The van der Waals surface area contributed by atoms with Gasteiger partial charge in [0.25, 0.3) is 0 Å². The summed E-state index contributed by atoms with van der Waals surface area (Å²) in [6, 6.07) is 11.4. The van der Waals surface area contributed by atoms with Gasteiger partial charge in [0.1, 0.15) is 0 Å². The molecule has 2 aromatic carbocycles. The first-order valence-corrected chi connectivity index (χ1v) is 9.05. The van der Waals surface area contributed by atoms with Crippen LogP contribution in [-0.2, 0) is 26.7 Å². The fourth-order valence-electron chi connectivity index (χ4n) is 2.03. The minimum atomic E-state index is -3.55. The molecule has 0 heterocycles. The van der Waals surface area contributed by atoms with Gasteiger partial charge in [0, 0.05) is 0 Å². The quantitative estimate of drug-likeness (QED) is 0.878. The first-order valence-electron chi connectivity index (χ1n) is 6.29. The first-order chi connectivity index (χ1) is 9.79. The lowest BCUT2D eigenvalue weighted by molar-refractivity contribution is 0.563. The van der Waals surface area contributed by atoms with E-state index in [9.17, 15) is 17.2 Å². The van der Waals surface area contributed by atoms with E-state index in [1.54, 1.807) is 36.4 Å². The molecule has 1 N–H and O–H groups in total. The Bertz CT molecular complexity index is 778. The van der Waals surface area contributed by atoms with Gasteiger partial charge in [-0.2, -0.15) is 0 Å². The summed E-state index contributed by atoms with van der Waals surface area (Å²) in [5.74, 6) is -0.292. The van der Waals surface area contributed by atoms with Crippen molar-refractivity contribution in [3.8, 4) is 0 Å². The van der Waals surface area contributed by atoms with Gasteiger partial charge >= 0.3 is 0 Å². The van der Waals surface area contributed by atoms with Gasteiger partial charge in [-0.15, -0.1) is 0 Å². The Hall–Kier alpha value is -1.50. The van der Waals surface area contributed by atoms with E-state index in [0.717, 1.165) is 11.1 Å². The van der Waals surface area contributed by atoms with Crippen molar-refractivity contribution in [2.24, 2.45) is 0 Å². The normalized spacial score (nSPS) is 13.1. The summed E-state index contributed by atoms with van der Waals surface area (Å²) in [5, 5.41) is 0. The molecule has 112 valence electrons. The van der Waals surface area contributed by atoms with Gasteiger partial charge in [-0.3, -0.25) is 0 Å². The van der Waals surface area contributed by atoms with E-state index < -0.39 is 20.9 Å². The van der Waals surface area contributed by atoms with E-state index in [1.807, 2.05) is 13.8 Å². The standard InChI is InChI=1S/C15H16O4S2/c1-11-3-6-14(7-4-11)21(18,19)10-13-9-12(2)5-8-15(13)20(16)17/h3-9H,10H2,1-2H3,(H,16,17). The number of hydrogen-bond donors (Lipinski definition) is 1. The first kappa shape index (κ1) is 15.9. The lowest BCUT2D eigenvalue weighted by Gasteiger charge is -2.09.